The van der Waals surface area contributed by atoms with Gasteiger partial charge >= 0.3 is 0 Å². The minimum absolute atomic E-state index is 0.108. The molecule has 2 nitrogen and oxygen atoms in total. The highest BCUT2D eigenvalue weighted by Gasteiger charge is 2.20. The lowest BCUT2D eigenvalue weighted by Gasteiger charge is -2.14. The maximum atomic E-state index is 12.0. The minimum Gasteiger partial charge on any atom is -0.276 e. The Balaban J connectivity index is 2.31. The Hall–Kier alpha value is -2.42. The van der Waals surface area contributed by atoms with Gasteiger partial charge in [0.05, 0.1) is 5.56 Å². The molecule has 0 bridgehead atoms. The van der Waals surface area contributed by atoms with Gasteiger partial charge < -0.3 is 0 Å². The Bertz CT molecular complexity index is 918. The van der Waals surface area contributed by atoms with Crippen LogP contribution in [0.25, 0.3) is 22.3 Å². The number of hydrogen-bond donors (Lipinski definition) is 0. The van der Waals surface area contributed by atoms with E-state index in [-0.39, 0.29) is 11.1 Å². The molecule has 4 heteroatoms. The average molecular weight is 355 g/mol. The van der Waals surface area contributed by atoms with E-state index in [9.17, 15) is 9.59 Å². The number of benzene rings is 3. The van der Waals surface area contributed by atoms with Crippen LogP contribution >= 0.6 is 23.2 Å². The van der Waals surface area contributed by atoms with Gasteiger partial charge in [-0.2, -0.15) is 0 Å². The molecule has 0 amide bonds. The third-order valence-corrected chi connectivity index (χ3v) is 4.17. The fourth-order valence-corrected chi connectivity index (χ4v) is 3.10. The summed E-state index contributed by atoms with van der Waals surface area (Å²) in [7, 11) is 0. The average Bonchev–Trinajstić information content (AvgIpc) is 2.61. The van der Waals surface area contributed by atoms with E-state index in [0.29, 0.717) is 5.56 Å². The first-order valence-corrected chi connectivity index (χ1v) is 8.02. The number of carbonyl (C=O) groups excluding carboxylic acids is 2. The fourth-order valence-electron chi connectivity index (χ4n) is 2.74. The van der Waals surface area contributed by atoms with Gasteiger partial charge in [0.1, 0.15) is 0 Å². The highest BCUT2D eigenvalue weighted by Crippen LogP contribution is 2.35. The second-order valence-electron chi connectivity index (χ2n) is 5.19. The summed E-state index contributed by atoms with van der Waals surface area (Å²) in [6.07, 6.45) is 0. The first kappa shape index (κ1) is 16.4. The fraction of sp³-hybridized carbons (Fsp3) is 0. The summed E-state index contributed by atoms with van der Waals surface area (Å²) in [4.78, 5) is 23.6. The van der Waals surface area contributed by atoms with E-state index < -0.39 is 10.5 Å². The zero-order chi connectivity index (χ0) is 17.1. The van der Waals surface area contributed by atoms with Gasteiger partial charge in [-0.3, -0.25) is 9.59 Å². The Morgan fingerprint density at radius 1 is 0.583 bits per heavy atom. The molecular weight excluding hydrogens is 343 g/mol. The van der Waals surface area contributed by atoms with Crippen molar-refractivity contribution >= 4 is 33.7 Å². The van der Waals surface area contributed by atoms with Crippen molar-refractivity contribution in [1.29, 1.82) is 0 Å². The van der Waals surface area contributed by atoms with Gasteiger partial charge in [0, 0.05) is 5.56 Å². The van der Waals surface area contributed by atoms with Crippen molar-refractivity contribution in [2.45, 2.75) is 0 Å². The Labute approximate surface area is 149 Å². The van der Waals surface area contributed by atoms with Crippen molar-refractivity contribution < 1.29 is 9.59 Å². The highest BCUT2D eigenvalue weighted by molar-refractivity contribution is 6.72. The zero-order valence-corrected chi connectivity index (χ0v) is 14.0. The van der Waals surface area contributed by atoms with Crippen molar-refractivity contribution in [3.63, 3.8) is 0 Å². The molecule has 0 aliphatic rings. The summed E-state index contributed by atoms with van der Waals surface area (Å²) in [5, 5.41) is -1.42. The van der Waals surface area contributed by atoms with Gasteiger partial charge in [0.25, 0.3) is 10.5 Å². The molecule has 3 rings (SSSR count). The van der Waals surface area contributed by atoms with Crippen molar-refractivity contribution in [1.82, 2.24) is 0 Å². The van der Waals surface area contributed by atoms with Crippen LogP contribution in [0.1, 0.15) is 20.7 Å². The second kappa shape index (κ2) is 7.00. The van der Waals surface area contributed by atoms with Crippen LogP contribution in [0.5, 0.6) is 0 Å². The van der Waals surface area contributed by atoms with Gasteiger partial charge in [-0.25, -0.2) is 0 Å². The molecule has 0 heterocycles. The van der Waals surface area contributed by atoms with Gasteiger partial charge in [-0.1, -0.05) is 66.7 Å². The van der Waals surface area contributed by atoms with E-state index in [0.717, 1.165) is 16.7 Å². The minimum atomic E-state index is -0.711. The van der Waals surface area contributed by atoms with Crippen LogP contribution < -0.4 is 0 Å². The monoisotopic (exact) mass is 354 g/mol. The number of carbonyl (C=O) groups is 2. The molecule has 0 saturated carbocycles. The van der Waals surface area contributed by atoms with Crippen LogP contribution in [0.3, 0.4) is 0 Å². The standard InChI is InChI=1S/C20H12Cl2O2/c21-19(23)17-12-6-11-16(18(17)20(22)24)15-10-5-4-9-14(15)13-7-2-1-3-8-13/h1-12H. The van der Waals surface area contributed by atoms with Gasteiger partial charge in [0.2, 0.25) is 0 Å². The van der Waals surface area contributed by atoms with Crippen LogP contribution in [-0.4, -0.2) is 10.5 Å². The van der Waals surface area contributed by atoms with E-state index in [4.69, 9.17) is 23.2 Å². The van der Waals surface area contributed by atoms with Crippen molar-refractivity contribution in [2.24, 2.45) is 0 Å². The second-order valence-corrected chi connectivity index (χ2v) is 5.87. The molecule has 0 aliphatic carbocycles. The molecule has 3 aromatic carbocycles. The van der Waals surface area contributed by atoms with Crippen molar-refractivity contribution in [3.8, 4) is 22.3 Å². The lowest BCUT2D eigenvalue weighted by atomic mass is 9.90. The molecular formula is C20H12Cl2O2. The molecule has 0 saturated heterocycles. The van der Waals surface area contributed by atoms with Crippen LogP contribution in [0.15, 0.2) is 72.8 Å². The SMILES string of the molecule is O=C(Cl)c1cccc(-c2ccccc2-c2ccccc2)c1C(=O)Cl. The maximum absolute atomic E-state index is 12.0. The quantitative estimate of drug-likeness (QED) is 0.556. The Morgan fingerprint density at radius 3 is 1.79 bits per heavy atom. The molecule has 0 aliphatic heterocycles. The molecule has 3 aromatic rings. The first-order chi connectivity index (χ1) is 11.6. The van der Waals surface area contributed by atoms with Gasteiger partial charge in [-0.15, -0.1) is 0 Å². The molecule has 0 N–H and O–H groups in total. The normalized spacial score (nSPS) is 10.4. The molecule has 0 radical (unpaired) electrons. The van der Waals surface area contributed by atoms with Crippen LogP contribution in [0.2, 0.25) is 0 Å². The zero-order valence-electron chi connectivity index (χ0n) is 12.5. The summed E-state index contributed by atoms with van der Waals surface area (Å²) in [5.74, 6) is 0. The summed E-state index contributed by atoms with van der Waals surface area (Å²) >= 11 is 11.4. The van der Waals surface area contributed by atoms with Gasteiger partial charge in [-0.05, 0) is 51.5 Å². The Kier molecular flexibility index (Phi) is 4.79. The summed E-state index contributed by atoms with van der Waals surface area (Å²) in [6, 6.07) is 22.4. The smallest absolute Gasteiger partial charge is 0.253 e. The maximum Gasteiger partial charge on any atom is 0.253 e. The number of hydrogen-bond acceptors (Lipinski definition) is 2. The predicted octanol–water partition coefficient (Wildman–Crippen LogP) is 5.78. The third kappa shape index (κ3) is 3.12. The van der Waals surface area contributed by atoms with E-state index in [1.54, 1.807) is 12.1 Å². The first-order valence-electron chi connectivity index (χ1n) is 7.27. The Morgan fingerprint density at radius 2 is 1.17 bits per heavy atom. The molecule has 0 aromatic heterocycles. The molecule has 0 spiro atoms. The molecule has 24 heavy (non-hydrogen) atoms. The summed E-state index contributed by atoms with van der Waals surface area (Å²) in [6.45, 7) is 0. The van der Waals surface area contributed by atoms with E-state index in [1.807, 2.05) is 54.6 Å². The van der Waals surface area contributed by atoms with Crippen LogP contribution in [0, 0.1) is 0 Å². The van der Waals surface area contributed by atoms with E-state index in [1.165, 1.54) is 6.07 Å². The summed E-state index contributed by atoms with van der Waals surface area (Å²) in [5.41, 5.74) is 3.58. The summed E-state index contributed by atoms with van der Waals surface area (Å²) < 4.78 is 0. The van der Waals surface area contributed by atoms with Crippen molar-refractivity contribution in [2.75, 3.05) is 0 Å². The molecule has 0 unspecified atom stereocenters. The molecule has 118 valence electrons. The van der Waals surface area contributed by atoms with Crippen LogP contribution in [0.4, 0.5) is 0 Å². The predicted molar refractivity (Wildman–Crippen MR) is 97.7 cm³/mol. The van der Waals surface area contributed by atoms with Crippen LogP contribution in [-0.2, 0) is 0 Å². The third-order valence-electron chi connectivity index (χ3n) is 3.77. The lowest BCUT2D eigenvalue weighted by Crippen LogP contribution is -2.04. The number of halogens is 2. The highest BCUT2D eigenvalue weighted by atomic mass is 35.5. The molecule has 0 atom stereocenters. The largest absolute Gasteiger partial charge is 0.276 e. The molecule has 0 fully saturated rings. The van der Waals surface area contributed by atoms with E-state index >= 15 is 0 Å². The topological polar surface area (TPSA) is 34.1 Å². The van der Waals surface area contributed by atoms with Crippen molar-refractivity contribution in [3.05, 3.63) is 83.9 Å². The number of rotatable bonds is 4. The van der Waals surface area contributed by atoms with E-state index in [2.05, 4.69) is 0 Å². The lowest BCUT2D eigenvalue weighted by molar-refractivity contribution is 0.105. The van der Waals surface area contributed by atoms with Gasteiger partial charge in [0.15, 0.2) is 0 Å².